The molecular weight excluding hydrogens is 745 g/mol. The van der Waals surface area contributed by atoms with E-state index in [0.717, 1.165) is 0 Å². The van der Waals surface area contributed by atoms with Gasteiger partial charge in [-0.05, 0) is 60.1 Å². The molecule has 0 atom stereocenters. The molecule has 0 aliphatic rings. The molecular formula is C40H42N12O2S2. The van der Waals surface area contributed by atoms with E-state index in [9.17, 15) is 4.79 Å². The number of rotatable bonds is 0. The Labute approximate surface area is 333 Å². The SMILES string of the molecule is O=c1cccc[nH]1.c1c[nH]cn1.c1cc[nH]c1.c1ccccc1.c1ccncc1.c1cnccn1.c1cncnc1.c1cnoc1.c1cnsc1.c1cscn1. The van der Waals surface area contributed by atoms with Gasteiger partial charge >= 0.3 is 0 Å². The summed E-state index contributed by atoms with van der Waals surface area (Å²) in [6.07, 6.45) is 32.0. The van der Waals surface area contributed by atoms with Gasteiger partial charge in [0.15, 0.2) is 0 Å². The first-order chi connectivity index (χ1) is 27.9. The highest BCUT2D eigenvalue weighted by Gasteiger charge is 1.69. The maximum Gasteiger partial charge on any atom is 0.247 e. The van der Waals surface area contributed by atoms with E-state index in [2.05, 4.69) is 63.9 Å². The molecule has 0 bridgehead atoms. The number of aromatic nitrogens is 12. The van der Waals surface area contributed by atoms with Crippen molar-refractivity contribution in [3.8, 4) is 0 Å². The second-order valence-electron chi connectivity index (χ2n) is 8.90. The molecule has 14 nitrogen and oxygen atoms in total. The highest BCUT2D eigenvalue weighted by Crippen LogP contribution is 1.86. The number of nitrogens with one attached hydrogen (secondary N) is 3. The third-order valence-corrected chi connectivity index (χ3v) is 5.86. The van der Waals surface area contributed by atoms with E-state index in [1.807, 2.05) is 96.0 Å². The molecule has 0 saturated heterocycles. The van der Waals surface area contributed by atoms with Gasteiger partial charge in [-0.2, -0.15) is 0 Å². The van der Waals surface area contributed by atoms with Crippen LogP contribution < -0.4 is 5.56 Å². The van der Waals surface area contributed by atoms with Crippen molar-refractivity contribution < 1.29 is 4.52 Å². The third-order valence-electron chi connectivity index (χ3n) is 4.81. The zero-order chi connectivity index (χ0) is 39.8. The number of thiazole rings is 1. The van der Waals surface area contributed by atoms with Crippen LogP contribution in [-0.4, -0.2) is 59.4 Å². The van der Waals surface area contributed by atoms with Gasteiger partial charge in [0, 0.05) is 110 Å². The molecule has 9 aromatic heterocycles. The van der Waals surface area contributed by atoms with Crippen molar-refractivity contribution in [3.63, 3.8) is 0 Å². The van der Waals surface area contributed by atoms with Crippen molar-refractivity contribution >= 4 is 22.9 Å². The average Bonchev–Trinajstić information content (AvgIpc) is 4.17. The largest absolute Gasteiger partial charge is 0.368 e. The fourth-order valence-corrected chi connectivity index (χ4v) is 3.30. The first-order valence-electron chi connectivity index (χ1n) is 16.3. The molecule has 56 heavy (non-hydrogen) atoms. The van der Waals surface area contributed by atoms with Crippen LogP contribution in [0, 0.1) is 0 Å². The van der Waals surface area contributed by atoms with Gasteiger partial charge in [-0.1, -0.05) is 53.7 Å². The maximum atomic E-state index is 10.2. The minimum Gasteiger partial charge on any atom is -0.368 e. The van der Waals surface area contributed by atoms with Gasteiger partial charge in [-0.15, -0.1) is 11.3 Å². The Balaban J connectivity index is 0.000000312. The summed E-state index contributed by atoms with van der Waals surface area (Å²) in [6.45, 7) is 0. The fraction of sp³-hybridized carbons (Fsp3) is 0. The lowest BCUT2D eigenvalue weighted by atomic mass is 10.4. The summed E-state index contributed by atoms with van der Waals surface area (Å²) in [6, 6.07) is 31.9. The van der Waals surface area contributed by atoms with Gasteiger partial charge < -0.3 is 19.5 Å². The van der Waals surface area contributed by atoms with Crippen molar-refractivity contribution in [3.05, 3.63) is 248 Å². The van der Waals surface area contributed by atoms with E-state index in [4.69, 9.17) is 0 Å². The number of nitrogens with zero attached hydrogens (tertiary/aromatic N) is 9. The van der Waals surface area contributed by atoms with Crippen LogP contribution in [0.2, 0.25) is 0 Å². The zero-order valence-electron chi connectivity index (χ0n) is 30.2. The van der Waals surface area contributed by atoms with Crippen molar-refractivity contribution in [1.29, 1.82) is 0 Å². The third kappa shape index (κ3) is 39.2. The molecule has 3 N–H and O–H groups in total. The Bertz CT molecular complexity index is 1520. The molecule has 0 unspecified atom stereocenters. The van der Waals surface area contributed by atoms with Gasteiger partial charge in [-0.25, -0.2) is 19.3 Å². The smallest absolute Gasteiger partial charge is 0.247 e. The fourth-order valence-electron chi connectivity index (χ4n) is 2.60. The number of pyridine rings is 2. The molecule has 0 amide bonds. The molecule has 9 heterocycles. The number of hydrogen-bond donors (Lipinski definition) is 3. The van der Waals surface area contributed by atoms with Crippen LogP contribution in [0.15, 0.2) is 247 Å². The molecule has 0 aliphatic carbocycles. The molecule has 286 valence electrons. The molecule has 0 spiro atoms. The van der Waals surface area contributed by atoms with Gasteiger partial charge in [0.1, 0.15) is 12.6 Å². The van der Waals surface area contributed by atoms with Crippen LogP contribution in [0.5, 0.6) is 0 Å². The number of aromatic amines is 3. The predicted octanol–water partition coefficient (Wildman–Crippen LogP) is 8.48. The normalized spacial score (nSPS) is 8.07. The Morgan fingerprint density at radius 2 is 1.11 bits per heavy atom. The van der Waals surface area contributed by atoms with Gasteiger partial charge in [0.2, 0.25) is 5.56 Å². The first-order valence-corrected chi connectivity index (χ1v) is 18.1. The van der Waals surface area contributed by atoms with E-state index in [0.29, 0.717) is 0 Å². The summed E-state index contributed by atoms with van der Waals surface area (Å²) >= 11 is 3.06. The van der Waals surface area contributed by atoms with Crippen molar-refractivity contribution in [1.82, 2.24) is 59.4 Å². The quantitative estimate of drug-likeness (QED) is 0.133. The van der Waals surface area contributed by atoms with Gasteiger partial charge in [-0.3, -0.25) is 24.7 Å². The highest BCUT2D eigenvalue weighted by molar-refractivity contribution is 7.07. The predicted molar refractivity (Wildman–Crippen MR) is 222 cm³/mol. The molecule has 0 saturated carbocycles. The number of H-pyrrole nitrogens is 3. The lowest BCUT2D eigenvalue weighted by Gasteiger charge is -1.73. The minimum absolute atomic E-state index is 0.0532. The summed E-state index contributed by atoms with van der Waals surface area (Å²) < 4.78 is 8.10. The average molecular weight is 787 g/mol. The van der Waals surface area contributed by atoms with Crippen molar-refractivity contribution in [2.45, 2.75) is 0 Å². The molecule has 0 fully saturated rings. The standard InChI is InChI=1S/C6H6.C5H5NO.C5H5N.2C4H4N2.C4H5N.C3H4N2.C3H3NO.2C3H3NS/c1-2-4-6-5-3-1;7-5-3-1-2-4-6-5;1-2-4-6-5-3-1;1-2-6-4-3-5-1;1-2-5-4-6-3-1;1-2-4-5-3-1;1-2-5-3-4-1;1-2-4-5-3-1;1-2-5-3-4-1;1-2-4-5-3-1/h1-6H;1-4H,(H,6,7);1-5H;2*1-4H;1-5H;1-3H,(H,4,5);3*1-3H. The second kappa shape index (κ2) is 41.9. The van der Waals surface area contributed by atoms with Gasteiger partial charge in [0.05, 0.1) is 18.0 Å². The Morgan fingerprint density at radius 1 is 0.464 bits per heavy atom. The van der Waals surface area contributed by atoms with Crippen LogP contribution >= 0.6 is 22.9 Å². The molecule has 0 radical (unpaired) electrons. The van der Waals surface area contributed by atoms with E-state index in [-0.39, 0.29) is 5.56 Å². The molecule has 10 aromatic rings. The number of imidazole rings is 1. The first kappa shape index (κ1) is 46.5. The lowest BCUT2D eigenvalue weighted by Crippen LogP contribution is -1.98. The number of benzene rings is 1. The molecule has 0 aliphatic heterocycles. The topological polar surface area (TPSA) is 194 Å². The van der Waals surface area contributed by atoms with Crippen molar-refractivity contribution in [2.24, 2.45) is 0 Å². The maximum absolute atomic E-state index is 10.2. The number of hydrogen-bond acceptors (Lipinski definition) is 13. The Hall–Kier alpha value is -7.56. The summed E-state index contributed by atoms with van der Waals surface area (Å²) in [4.78, 5) is 44.3. The monoisotopic (exact) mass is 786 g/mol. The van der Waals surface area contributed by atoms with Crippen molar-refractivity contribution in [2.75, 3.05) is 0 Å². The van der Waals surface area contributed by atoms with E-state index in [1.54, 1.807) is 134 Å². The van der Waals surface area contributed by atoms with Crippen LogP contribution in [-0.2, 0) is 0 Å². The summed E-state index contributed by atoms with van der Waals surface area (Å²) in [7, 11) is 0. The van der Waals surface area contributed by atoms with Crippen LogP contribution in [0.1, 0.15) is 0 Å². The molecule has 16 heteroatoms. The van der Waals surface area contributed by atoms with Crippen LogP contribution in [0.25, 0.3) is 0 Å². The summed E-state index contributed by atoms with van der Waals surface area (Å²) in [5.41, 5.74) is 1.74. The Kier molecular flexibility index (Phi) is 34.7. The van der Waals surface area contributed by atoms with E-state index < -0.39 is 0 Å². The summed E-state index contributed by atoms with van der Waals surface area (Å²) in [5.74, 6) is 0. The minimum atomic E-state index is -0.0532. The van der Waals surface area contributed by atoms with Gasteiger partial charge in [0.25, 0.3) is 0 Å². The molecule has 10 rings (SSSR count). The molecule has 1 aromatic carbocycles. The second-order valence-corrected chi connectivity index (χ2v) is 10.4. The highest BCUT2D eigenvalue weighted by atomic mass is 32.1. The van der Waals surface area contributed by atoms with Crippen LogP contribution in [0.3, 0.4) is 0 Å². The Morgan fingerprint density at radius 3 is 1.30 bits per heavy atom. The zero-order valence-corrected chi connectivity index (χ0v) is 31.8. The van der Waals surface area contributed by atoms with E-state index in [1.165, 1.54) is 30.2 Å². The summed E-state index contributed by atoms with van der Waals surface area (Å²) in [5, 5.41) is 7.21. The lowest BCUT2D eigenvalue weighted by molar-refractivity contribution is 0.420. The van der Waals surface area contributed by atoms with E-state index >= 15 is 0 Å². The van der Waals surface area contributed by atoms with Crippen LogP contribution in [0.4, 0.5) is 0 Å².